The molecule has 10 rings (SSSR count). The first kappa shape index (κ1) is 54.9. The number of aryl methyl sites for hydroxylation is 2. The van der Waals surface area contributed by atoms with Gasteiger partial charge in [0.1, 0.15) is 11.6 Å². The van der Waals surface area contributed by atoms with Crippen LogP contribution >= 0.6 is 11.6 Å². The van der Waals surface area contributed by atoms with E-state index in [1.807, 2.05) is 67.6 Å². The van der Waals surface area contributed by atoms with E-state index in [0.29, 0.717) is 34.3 Å². The minimum atomic E-state index is -3.67. The molecule has 2 saturated heterocycles. The molecule has 4 aliphatic heterocycles. The number of para-hydroxylation sites is 2. The molecule has 0 radical (unpaired) electrons. The molecule has 352 valence electrons. The molecule has 2 fully saturated rings. The second kappa shape index (κ2) is 27.4. The Balaban J connectivity index is 0.000000198. The van der Waals surface area contributed by atoms with Crippen molar-refractivity contribution < 1.29 is 79.0 Å². The number of carbonyl (C=O) groups excluding carboxylic acids is 1. The van der Waals surface area contributed by atoms with E-state index >= 15 is 0 Å². The zero-order valence-corrected chi connectivity index (χ0v) is 43.0. The minimum Gasteiger partial charge on any atom is -0.478 e. The number of benzene rings is 4. The normalized spacial score (nSPS) is 14.2. The quantitative estimate of drug-likeness (QED) is 0.107. The molecule has 0 unspecified atom stereocenters. The number of hydrogen-bond acceptors (Lipinski definition) is 9. The van der Waals surface area contributed by atoms with Gasteiger partial charge in [0, 0.05) is 42.4 Å². The molecule has 4 aliphatic rings. The minimum absolute atomic E-state index is 0. The van der Waals surface area contributed by atoms with Gasteiger partial charge in [-0.1, -0.05) is 66.2 Å². The fourth-order valence-electron chi connectivity index (χ4n) is 8.07. The largest absolute Gasteiger partial charge is 1.00 e. The molecule has 6 heterocycles. The molecule has 1 amide bonds. The molecule has 0 bridgehead atoms. The maximum absolute atomic E-state index is 12.9. The van der Waals surface area contributed by atoms with Crippen LogP contribution in [-0.4, -0.2) is 81.9 Å². The van der Waals surface area contributed by atoms with E-state index in [0.717, 1.165) is 52.3 Å². The van der Waals surface area contributed by atoms with Crippen LogP contribution in [0.15, 0.2) is 132 Å². The summed E-state index contributed by atoms with van der Waals surface area (Å²) in [5.74, 6) is -0.0185. The summed E-state index contributed by atoms with van der Waals surface area (Å²) in [7, 11) is 0.104. The summed E-state index contributed by atoms with van der Waals surface area (Å²) in [5.41, 5.74) is 17.1. The van der Waals surface area contributed by atoms with Crippen molar-refractivity contribution in [3.8, 4) is 0 Å². The van der Waals surface area contributed by atoms with Crippen molar-refractivity contribution in [3.05, 3.63) is 184 Å². The van der Waals surface area contributed by atoms with E-state index in [-0.39, 0.29) is 62.9 Å². The number of aliphatic imine (C=N–C) groups is 2. The summed E-state index contributed by atoms with van der Waals surface area (Å²) in [4.78, 5) is 46.2. The number of anilines is 2. The van der Waals surface area contributed by atoms with Crippen LogP contribution in [0.25, 0.3) is 0 Å². The van der Waals surface area contributed by atoms with Gasteiger partial charge in [-0.15, -0.1) is 0 Å². The van der Waals surface area contributed by atoms with E-state index in [4.69, 9.17) is 22.3 Å². The molecule has 4 N–H and O–H groups in total. The number of carbonyl (C=O) groups is 2. The predicted octanol–water partition coefficient (Wildman–Crippen LogP) is 8.36. The number of fused-ring (bicyclic) bond motifs is 2. The molecule has 17 heteroatoms. The number of halogens is 4. The number of likely N-dealkylation sites (tertiary alicyclic amines) is 2. The van der Waals surface area contributed by atoms with Crippen LogP contribution in [0.4, 0.5) is 36.0 Å². The van der Waals surface area contributed by atoms with Gasteiger partial charge in [0.05, 0.1) is 33.9 Å². The molecule has 4 aromatic carbocycles. The average molecular weight is 981 g/mol. The zero-order chi connectivity index (χ0) is 48.6. The number of hydrogen-bond donors (Lipinski definition) is 3. The van der Waals surface area contributed by atoms with E-state index in [1.54, 1.807) is 36.7 Å². The van der Waals surface area contributed by atoms with Crippen molar-refractivity contribution in [1.29, 1.82) is 0 Å². The van der Waals surface area contributed by atoms with E-state index in [1.165, 1.54) is 68.6 Å². The maximum atomic E-state index is 12.9. The van der Waals surface area contributed by atoms with Crippen molar-refractivity contribution in [1.82, 2.24) is 19.8 Å². The number of amides is 1. The van der Waals surface area contributed by atoms with Crippen molar-refractivity contribution in [3.63, 3.8) is 0 Å². The Morgan fingerprint density at radius 2 is 1.26 bits per heavy atom. The summed E-state index contributed by atoms with van der Waals surface area (Å²) in [6, 6.07) is 34.3. The van der Waals surface area contributed by atoms with Gasteiger partial charge < -0.3 is 21.1 Å². The number of nitrogen functional groups attached to an aromatic ring is 1. The Labute approximate surface area is 450 Å². The van der Waals surface area contributed by atoms with E-state index in [9.17, 15) is 27.6 Å². The monoisotopic (exact) mass is 980 g/mol. The fourth-order valence-corrected chi connectivity index (χ4v) is 8.24. The predicted molar refractivity (Wildman–Crippen MR) is 268 cm³/mol. The van der Waals surface area contributed by atoms with Gasteiger partial charge in [-0.2, -0.15) is 0 Å². The van der Waals surface area contributed by atoms with Crippen LogP contribution in [0.1, 0.15) is 85.3 Å². The fraction of sp³-hybridized carbons (Fsp3) is 0.250. The molecular formula is C52H54BClF3KN8O3. The second-order valence-electron chi connectivity index (χ2n) is 16.5. The van der Waals surface area contributed by atoms with Crippen molar-refractivity contribution >= 4 is 65.5 Å². The Morgan fingerprint density at radius 1 is 0.725 bits per heavy atom. The summed E-state index contributed by atoms with van der Waals surface area (Å²) < 4.78 is 29.0. The number of carboxylic acid groups (broad SMARTS) is 1. The van der Waals surface area contributed by atoms with Gasteiger partial charge >= 0.3 is 64.9 Å². The topological polar surface area (TPSA) is 149 Å². The third kappa shape index (κ3) is 16.5. The van der Waals surface area contributed by atoms with Gasteiger partial charge in [-0.3, -0.25) is 39.7 Å². The third-order valence-corrected chi connectivity index (χ3v) is 11.7. The summed E-state index contributed by atoms with van der Waals surface area (Å²) in [5, 5.41) is 12.7. The van der Waals surface area contributed by atoms with Gasteiger partial charge in [0.25, 0.3) is 5.91 Å². The Kier molecular flexibility index (Phi) is 21.8. The van der Waals surface area contributed by atoms with Gasteiger partial charge in [0.15, 0.2) is 0 Å². The molecular weight excluding hydrogens is 927 g/mol. The summed E-state index contributed by atoms with van der Waals surface area (Å²) >= 11 is 6.04. The Hall–Kier alpha value is -5.04. The molecule has 0 spiro atoms. The van der Waals surface area contributed by atoms with E-state index in [2.05, 4.69) is 68.3 Å². The van der Waals surface area contributed by atoms with Gasteiger partial charge in [-0.05, 0) is 154 Å². The SMILES string of the molecule is Cc1ccc(CN2CCCC2)cc1C1=Nc2c(cccc2C(=O)Nc2ccccn2)C1.Cc1ccc(Cl)cc1C1=Nc2c(cccc2C(=O)O)C1.FB(F)F.Nc1ccccn1.[CH2-]N1CCCC1.[K+]. The summed E-state index contributed by atoms with van der Waals surface area (Å²) in [6.07, 6.45) is 10.0. The number of nitrogens with one attached hydrogen (secondary N) is 1. The number of nitrogens with two attached hydrogens (primary N) is 1. The summed E-state index contributed by atoms with van der Waals surface area (Å²) in [6.45, 7) is 9.91. The number of aromatic nitrogens is 2. The van der Waals surface area contributed by atoms with Crippen LogP contribution in [-0.2, 0) is 19.4 Å². The number of carboxylic acids is 1. The smallest absolute Gasteiger partial charge is 0.478 e. The number of rotatable bonds is 7. The second-order valence-corrected chi connectivity index (χ2v) is 16.9. The number of pyridine rings is 2. The van der Waals surface area contributed by atoms with Gasteiger partial charge in [-0.25, -0.2) is 14.8 Å². The third-order valence-electron chi connectivity index (χ3n) is 11.4. The van der Waals surface area contributed by atoms with Crippen LogP contribution in [0, 0.1) is 20.9 Å². The number of aromatic carboxylic acids is 1. The molecule has 2 aromatic heterocycles. The van der Waals surface area contributed by atoms with E-state index < -0.39 is 13.5 Å². The van der Waals surface area contributed by atoms with Crippen LogP contribution in [0.2, 0.25) is 5.02 Å². The number of nitrogens with zero attached hydrogens (tertiary/aromatic N) is 6. The molecule has 6 aromatic rings. The van der Waals surface area contributed by atoms with Crippen LogP contribution in [0.5, 0.6) is 0 Å². The molecule has 0 saturated carbocycles. The Bertz CT molecular complexity index is 2720. The first-order valence-corrected chi connectivity index (χ1v) is 22.7. The standard InChI is InChI=1S/C26H26N4O.C16H12ClNO2.C5H6N2.C5H10N.BF3.K/c1-18-10-11-19(17-30-13-4-5-14-30)15-22(18)23-16-20-7-6-8-21(25(20)28-23)26(31)29-24-9-2-3-12-27-24;1-9-5-6-11(17)8-13(9)14-7-10-3-2-4-12(16(19)20)15(10)18-14;6-5-3-1-2-4-7-5;1-6-4-2-3-5-6;2-1(3)4;/h2-3,6-12,15H,4-5,13-14,16-17H2,1H3,(H,27,29,31);2-6,8H,7H2,1H3,(H,19,20);1-4H,(H2,6,7);1-5H2;;/q;;;-1;;+1. The first-order chi connectivity index (χ1) is 32.7. The van der Waals surface area contributed by atoms with Crippen LogP contribution in [0.3, 0.4) is 0 Å². The van der Waals surface area contributed by atoms with Gasteiger partial charge in [0.2, 0.25) is 0 Å². The Morgan fingerprint density at radius 3 is 1.77 bits per heavy atom. The van der Waals surface area contributed by atoms with Crippen molar-refractivity contribution in [2.24, 2.45) is 9.98 Å². The van der Waals surface area contributed by atoms with Crippen molar-refractivity contribution in [2.45, 2.75) is 58.9 Å². The van der Waals surface area contributed by atoms with Crippen LogP contribution < -0.4 is 62.4 Å². The maximum Gasteiger partial charge on any atom is 1.00 e. The first-order valence-electron chi connectivity index (χ1n) is 22.3. The van der Waals surface area contributed by atoms with Crippen molar-refractivity contribution in [2.75, 3.05) is 37.2 Å². The molecule has 69 heavy (non-hydrogen) atoms. The molecule has 0 aliphatic carbocycles. The molecule has 11 nitrogen and oxygen atoms in total. The average Bonchev–Trinajstić information content (AvgIpc) is 4.17. The zero-order valence-electron chi connectivity index (χ0n) is 39.1. The molecule has 0 atom stereocenters.